The summed E-state index contributed by atoms with van der Waals surface area (Å²) in [5.41, 5.74) is 2.06. The molecule has 1 aromatic heterocycles. The first-order valence-electron chi connectivity index (χ1n) is 6.29. The molecule has 98 valence electrons. The predicted octanol–water partition coefficient (Wildman–Crippen LogP) is 4.27. The molecule has 0 aliphatic carbocycles. The number of fused-ring (bicyclic) bond motifs is 1. The molecule has 1 aliphatic rings. The Labute approximate surface area is 125 Å². The highest BCUT2D eigenvalue weighted by atomic mass is 79.9. The smallest absolute Gasteiger partial charge is 0.254 e. The van der Waals surface area contributed by atoms with Gasteiger partial charge in [0.05, 0.1) is 6.04 Å². The van der Waals surface area contributed by atoms with Crippen molar-refractivity contribution in [2.24, 2.45) is 0 Å². The molecule has 1 atom stereocenters. The number of carbonyl (C=O) groups excluding carboxylic acids is 1. The Morgan fingerprint density at radius 1 is 1.42 bits per heavy atom. The van der Waals surface area contributed by atoms with Crippen LogP contribution in [0.5, 0.6) is 0 Å². The van der Waals surface area contributed by atoms with Crippen molar-refractivity contribution in [3.05, 3.63) is 56.2 Å². The second kappa shape index (κ2) is 5.10. The summed E-state index contributed by atoms with van der Waals surface area (Å²) in [7, 11) is 0. The summed E-state index contributed by atoms with van der Waals surface area (Å²) in [6.07, 6.45) is 0.969. The van der Waals surface area contributed by atoms with Gasteiger partial charge in [-0.2, -0.15) is 0 Å². The number of hydrogen-bond donors (Lipinski definition) is 0. The van der Waals surface area contributed by atoms with Gasteiger partial charge in [-0.25, -0.2) is 0 Å². The summed E-state index contributed by atoms with van der Waals surface area (Å²) in [5, 5.41) is 2.12. The van der Waals surface area contributed by atoms with Gasteiger partial charge in [-0.15, -0.1) is 11.3 Å². The summed E-state index contributed by atoms with van der Waals surface area (Å²) < 4.78 is 0.944. The molecule has 19 heavy (non-hydrogen) atoms. The molecule has 1 amide bonds. The van der Waals surface area contributed by atoms with Crippen LogP contribution in [0.15, 0.2) is 40.2 Å². The lowest BCUT2D eigenvalue weighted by molar-refractivity contribution is 0.0679. The minimum Gasteiger partial charge on any atom is -0.331 e. The van der Waals surface area contributed by atoms with Crippen molar-refractivity contribution in [1.29, 1.82) is 0 Å². The Balaban J connectivity index is 1.90. The van der Waals surface area contributed by atoms with Crippen LogP contribution >= 0.6 is 27.3 Å². The van der Waals surface area contributed by atoms with E-state index in [0.717, 1.165) is 23.0 Å². The van der Waals surface area contributed by atoms with Crippen LogP contribution < -0.4 is 0 Å². The molecule has 4 heteroatoms. The van der Waals surface area contributed by atoms with Gasteiger partial charge in [0.1, 0.15) is 0 Å². The fourth-order valence-corrected chi connectivity index (χ4v) is 3.94. The van der Waals surface area contributed by atoms with Crippen LogP contribution in [-0.2, 0) is 6.42 Å². The standard InChI is InChI=1S/C15H14BrNOS/c1-10-13-6-8-19-14(13)5-7-17(10)15(18)11-3-2-4-12(16)9-11/h2-4,6,8-10H,5,7H2,1H3/t10-/m1/s1. The van der Waals surface area contributed by atoms with E-state index < -0.39 is 0 Å². The Morgan fingerprint density at radius 2 is 2.26 bits per heavy atom. The zero-order valence-corrected chi connectivity index (χ0v) is 13.0. The molecule has 0 radical (unpaired) electrons. The van der Waals surface area contributed by atoms with Crippen molar-refractivity contribution >= 4 is 33.2 Å². The van der Waals surface area contributed by atoms with Crippen molar-refractivity contribution in [2.45, 2.75) is 19.4 Å². The first-order valence-corrected chi connectivity index (χ1v) is 7.97. The van der Waals surface area contributed by atoms with Crippen molar-refractivity contribution in [1.82, 2.24) is 4.90 Å². The third kappa shape index (κ3) is 2.35. The summed E-state index contributed by atoms with van der Waals surface area (Å²) in [4.78, 5) is 16.0. The van der Waals surface area contributed by atoms with E-state index >= 15 is 0 Å². The predicted molar refractivity (Wildman–Crippen MR) is 81.6 cm³/mol. The van der Waals surface area contributed by atoms with E-state index in [4.69, 9.17) is 0 Å². The largest absolute Gasteiger partial charge is 0.331 e. The fourth-order valence-electron chi connectivity index (χ4n) is 2.57. The number of rotatable bonds is 1. The molecule has 0 saturated carbocycles. The highest BCUT2D eigenvalue weighted by molar-refractivity contribution is 9.10. The lowest BCUT2D eigenvalue weighted by atomic mass is 10.0. The van der Waals surface area contributed by atoms with E-state index in [1.54, 1.807) is 11.3 Å². The number of thiophene rings is 1. The summed E-state index contributed by atoms with van der Waals surface area (Å²) in [6, 6.07) is 9.92. The first-order chi connectivity index (χ1) is 9.16. The first kappa shape index (κ1) is 12.9. The van der Waals surface area contributed by atoms with Crippen molar-refractivity contribution in [2.75, 3.05) is 6.54 Å². The molecular weight excluding hydrogens is 322 g/mol. The highest BCUT2D eigenvalue weighted by Crippen LogP contribution is 2.33. The molecule has 3 rings (SSSR count). The molecule has 0 saturated heterocycles. The number of halogens is 1. The highest BCUT2D eigenvalue weighted by Gasteiger charge is 2.28. The minimum absolute atomic E-state index is 0.116. The van der Waals surface area contributed by atoms with E-state index in [-0.39, 0.29) is 11.9 Å². The molecule has 2 heterocycles. The third-order valence-electron chi connectivity index (χ3n) is 3.61. The van der Waals surface area contributed by atoms with Crippen LogP contribution in [0.2, 0.25) is 0 Å². The maximum absolute atomic E-state index is 12.6. The SMILES string of the molecule is C[C@@H]1c2ccsc2CCN1C(=O)c1cccc(Br)c1. The van der Waals surface area contributed by atoms with E-state index in [0.29, 0.717) is 0 Å². The van der Waals surface area contributed by atoms with E-state index in [9.17, 15) is 4.79 Å². The summed E-state index contributed by atoms with van der Waals surface area (Å²) in [6.45, 7) is 2.92. The van der Waals surface area contributed by atoms with Crippen molar-refractivity contribution in [3.8, 4) is 0 Å². The third-order valence-corrected chi connectivity index (χ3v) is 5.10. The second-order valence-electron chi connectivity index (χ2n) is 4.73. The molecular formula is C15H14BrNOS. The van der Waals surface area contributed by atoms with Crippen LogP contribution in [0.25, 0.3) is 0 Å². The van der Waals surface area contributed by atoms with Crippen LogP contribution in [0.3, 0.4) is 0 Å². The van der Waals surface area contributed by atoms with Gasteiger partial charge < -0.3 is 4.90 Å². The van der Waals surface area contributed by atoms with Crippen LogP contribution in [0, 0.1) is 0 Å². The van der Waals surface area contributed by atoms with Crippen LogP contribution in [0.1, 0.15) is 33.8 Å². The zero-order valence-electron chi connectivity index (χ0n) is 10.6. The molecule has 0 spiro atoms. The van der Waals surface area contributed by atoms with Gasteiger partial charge in [-0.3, -0.25) is 4.79 Å². The minimum atomic E-state index is 0.116. The number of benzene rings is 1. The Bertz CT molecular complexity index is 622. The van der Waals surface area contributed by atoms with Crippen molar-refractivity contribution in [3.63, 3.8) is 0 Å². The van der Waals surface area contributed by atoms with Gasteiger partial charge >= 0.3 is 0 Å². The van der Waals surface area contributed by atoms with Gasteiger partial charge in [0.2, 0.25) is 0 Å². The van der Waals surface area contributed by atoms with E-state index in [1.807, 2.05) is 29.2 Å². The van der Waals surface area contributed by atoms with Crippen LogP contribution in [-0.4, -0.2) is 17.4 Å². The lowest BCUT2D eigenvalue weighted by Gasteiger charge is -2.33. The molecule has 2 nitrogen and oxygen atoms in total. The van der Waals surface area contributed by atoms with E-state index in [2.05, 4.69) is 34.3 Å². The van der Waals surface area contributed by atoms with Gasteiger partial charge in [-0.05, 0) is 48.6 Å². The topological polar surface area (TPSA) is 20.3 Å². The quantitative estimate of drug-likeness (QED) is 0.762. The Morgan fingerprint density at radius 3 is 3.05 bits per heavy atom. The zero-order chi connectivity index (χ0) is 13.4. The van der Waals surface area contributed by atoms with Gasteiger partial charge in [0, 0.05) is 21.5 Å². The second-order valence-corrected chi connectivity index (χ2v) is 6.65. The van der Waals surface area contributed by atoms with Gasteiger partial charge in [-0.1, -0.05) is 22.0 Å². The fraction of sp³-hybridized carbons (Fsp3) is 0.267. The van der Waals surface area contributed by atoms with Crippen molar-refractivity contribution < 1.29 is 4.79 Å². The van der Waals surface area contributed by atoms with E-state index in [1.165, 1.54) is 10.4 Å². The molecule has 2 aromatic rings. The maximum Gasteiger partial charge on any atom is 0.254 e. The Hall–Kier alpha value is -1.13. The average molecular weight is 336 g/mol. The summed E-state index contributed by atoms with van der Waals surface area (Å²) >= 11 is 5.22. The lowest BCUT2D eigenvalue weighted by Crippen LogP contribution is -2.38. The van der Waals surface area contributed by atoms with Gasteiger partial charge in [0.15, 0.2) is 0 Å². The Kier molecular flexibility index (Phi) is 3.46. The molecule has 1 aliphatic heterocycles. The normalized spacial score (nSPS) is 18.2. The molecule has 1 aromatic carbocycles. The molecule has 0 bridgehead atoms. The number of nitrogens with zero attached hydrogens (tertiary/aromatic N) is 1. The molecule has 0 N–H and O–H groups in total. The average Bonchev–Trinajstić information content (AvgIpc) is 2.88. The molecule has 0 fully saturated rings. The maximum atomic E-state index is 12.6. The number of carbonyl (C=O) groups is 1. The number of amides is 1. The number of hydrogen-bond acceptors (Lipinski definition) is 2. The van der Waals surface area contributed by atoms with Crippen LogP contribution in [0.4, 0.5) is 0 Å². The molecule has 0 unspecified atom stereocenters. The summed E-state index contributed by atoms with van der Waals surface area (Å²) in [5.74, 6) is 0.116. The monoisotopic (exact) mass is 335 g/mol. The van der Waals surface area contributed by atoms with Gasteiger partial charge in [0.25, 0.3) is 5.91 Å².